The fourth-order valence-electron chi connectivity index (χ4n) is 4.64. The fraction of sp³-hybridized carbons (Fsp3) is 0.407. The van der Waals surface area contributed by atoms with Crippen LogP contribution in [-0.4, -0.2) is 55.0 Å². The number of nitrogens with zero attached hydrogens (tertiary/aromatic N) is 2. The van der Waals surface area contributed by atoms with Gasteiger partial charge in [0.25, 0.3) is 0 Å². The molecule has 1 atom stereocenters. The molecule has 1 unspecified atom stereocenters. The van der Waals surface area contributed by atoms with Gasteiger partial charge in [-0.15, -0.1) is 0 Å². The van der Waals surface area contributed by atoms with Crippen molar-refractivity contribution in [1.29, 1.82) is 0 Å². The van der Waals surface area contributed by atoms with Gasteiger partial charge >= 0.3 is 0 Å². The third-order valence-electron chi connectivity index (χ3n) is 6.61. The van der Waals surface area contributed by atoms with Crippen LogP contribution in [0.25, 0.3) is 0 Å². The lowest BCUT2D eigenvalue weighted by Gasteiger charge is -2.19. The van der Waals surface area contributed by atoms with Crippen molar-refractivity contribution >= 4 is 44.6 Å². The number of aromatic nitrogens is 2. The standard InChI is InChI=1S/C27H34ClN5O4S/c1-17(2)38(35,36)24-10-5-4-9-22(24)31-26-21(28)16-30-27(33-26)32-23-12-11-18-15-19(29-13-14-34)7-6-8-20(18)25(23)37-3/h4-5,9-12,16-17,19,29,34H,6-8,13-15H2,1-3H3,(H2,30,31,32,33). The van der Waals surface area contributed by atoms with Gasteiger partial charge in [0.05, 0.1) is 41.4 Å². The molecule has 4 rings (SSSR count). The van der Waals surface area contributed by atoms with Crippen LogP contribution in [0.15, 0.2) is 47.5 Å². The lowest BCUT2D eigenvalue weighted by atomic mass is 9.99. The highest BCUT2D eigenvalue weighted by molar-refractivity contribution is 7.92. The van der Waals surface area contributed by atoms with E-state index in [0.717, 1.165) is 42.7 Å². The Morgan fingerprint density at radius 1 is 1.16 bits per heavy atom. The second-order valence-corrected chi connectivity index (χ2v) is 12.4. The fourth-order valence-corrected chi connectivity index (χ4v) is 5.98. The highest BCUT2D eigenvalue weighted by Crippen LogP contribution is 2.37. The minimum absolute atomic E-state index is 0.118. The van der Waals surface area contributed by atoms with E-state index in [1.807, 2.05) is 6.07 Å². The Labute approximate surface area is 228 Å². The van der Waals surface area contributed by atoms with Gasteiger partial charge in [-0.1, -0.05) is 29.8 Å². The van der Waals surface area contributed by atoms with Gasteiger partial charge in [0, 0.05) is 12.6 Å². The number of anilines is 4. The zero-order chi connectivity index (χ0) is 27.3. The van der Waals surface area contributed by atoms with Gasteiger partial charge in [0.2, 0.25) is 5.95 Å². The normalized spacial score (nSPS) is 15.6. The first-order chi connectivity index (χ1) is 18.2. The van der Waals surface area contributed by atoms with Crippen LogP contribution >= 0.6 is 11.6 Å². The summed E-state index contributed by atoms with van der Waals surface area (Å²) < 4.78 is 31.6. The topological polar surface area (TPSA) is 125 Å². The van der Waals surface area contributed by atoms with E-state index in [0.29, 0.717) is 18.3 Å². The summed E-state index contributed by atoms with van der Waals surface area (Å²) in [6.45, 7) is 3.98. The van der Waals surface area contributed by atoms with E-state index in [9.17, 15) is 8.42 Å². The molecule has 0 saturated carbocycles. The molecule has 1 heterocycles. The van der Waals surface area contributed by atoms with Crippen molar-refractivity contribution in [3.05, 3.63) is 58.7 Å². The Bertz CT molecular complexity index is 1380. The number of aliphatic hydroxyl groups excluding tert-OH is 1. The Balaban J connectivity index is 1.61. The molecule has 0 fully saturated rings. The minimum atomic E-state index is -3.53. The zero-order valence-corrected chi connectivity index (χ0v) is 23.4. The molecule has 204 valence electrons. The largest absolute Gasteiger partial charge is 0.494 e. The number of sulfone groups is 1. The van der Waals surface area contributed by atoms with E-state index in [1.165, 1.54) is 11.8 Å². The number of benzene rings is 2. The van der Waals surface area contributed by atoms with E-state index in [-0.39, 0.29) is 28.3 Å². The second kappa shape index (κ2) is 12.3. The number of fused-ring (bicyclic) bond motifs is 1. The summed E-state index contributed by atoms with van der Waals surface area (Å²) in [6.07, 6.45) is 5.22. The summed E-state index contributed by atoms with van der Waals surface area (Å²) in [5.74, 6) is 1.31. The van der Waals surface area contributed by atoms with Crippen molar-refractivity contribution in [2.24, 2.45) is 0 Å². The van der Waals surface area contributed by atoms with Crippen LogP contribution in [0.5, 0.6) is 5.75 Å². The van der Waals surface area contributed by atoms with Crippen LogP contribution < -0.4 is 20.7 Å². The number of halogens is 1. The maximum atomic E-state index is 12.9. The van der Waals surface area contributed by atoms with Gasteiger partial charge in [-0.05, 0) is 68.9 Å². The summed E-state index contributed by atoms with van der Waals surface area (Å²) in [7, 11) is -1.88. The molecule has 38 heavy (non-hydrogen) atoms. The first-order valence-corrected chi connectivity index (χ1v) is 14.6. The predicted octanol–water partition coefficient (Wildman–Crippen LogP) is 4.64. The molecule has 0 saturated heterocycles. The van der Waals surface area contributed by atoms with Crippen LogP contribution in [0.3, 0.4) is 0 Å². The second-order valence-electron chi connectivity index (χ2n) is 9.49. The Hall–Kier alpha value is -2.92. The molecule has 0 radical (unpaired) electrons. The zero-order valence-electron chi connectivity index (χ0n) is 21.8. The third-order valence-corrected chi connectivity index (χ3v) is 9.10. The maximum Gasteiger partial charge on any atom is 0.229 e. The van der Waals surface area contributed by atoms with Crippen molar-refractivity contribution < 1.29 is 18.3 Å². The van der Waals surface area contributed by atoms with Crippen LogP contribution in [0.2, 0.25) is 5.02 Å². The first-order valence-electron chi connectivity index (χ1n) is 12.7. The van der Waals surface area contributed by atoms with Gasteiger partial charge in [-0.25, -0.2) is 13.4 Å². The van der Waals surface area contributed by atoms with Crippen LogP contribution in [-0.2, 0) is 22.7 Å². The molecular formula is C27H34ClN5O4S. The third kappa shape index (κ3) is 6.20. The molecule has 9 nitrogen and oxygen atoms in total. The molecular weight excluding hydrogens is 526 g/mol. The van der Waals surface area contributed by atoms with E-state index >= 15 is 0 Å². The summed E-state index contributed by atoms with van der Waals surface area (Å²) in [5, 5.41) is 18.6. The number of rotatable bonds is 10. The van der Waals surface area contributed by atoms with Crippen molar-refractivity contribution in [2.45, 2.75) is 55.7 Å². The van der Waals surface area contributed by atoms with E-state index in [1.54, 1.807) is 45.2 Å². The van der Waals surface area contributed by atoms with Crippen LogP contribution in [0.4, 0.5) is 23.1 Å². The van der Waals surface area contributed by atoms with E-state index in [2.05, 4.69) is 32.0 Å². The summed E-state index contributed by atoms with van der Waals surface area (Å²) in [4.78, 5) is 9.04. The molecule has 0 bridgehead atoms. The SMILES string of the molecule is COc1c(Nc2ncc(Cl)c(Nc3ccccc3S(=O)(=O)C(C)C)n2)ccc2c1CCCC(NCCO)C2. The average Bonchev–Trinajstić information content (AvgIpc) is 3.11. The summed E-state index contributed by atoms with van der Waals surface area (Å²) in [5.41, 5.74) is 3.47. The number of aliphatic hydroxyl groups is 1. The van der Waals surface area contributed by atoms with Gasteiger partial charge < -0.3 is 25.8 Å². The minimum Gasteiger partial charge on any atom is -0.494 e. The van der Waals surface area contributed by atoms with Gasteiger partial charge in [-0.2, -0.15) is 4.98 Å². The number of hydrogen-bond acceptors (Lipinski definition) is 9. The van der Waals surface area contributed by atoms with E-state index < -0.39 is 15.1 Å². The van der Waals surface area contributed by atoms with Gasteiger partial charge in [-0.3, -0.25) is 0 Å². The molecule has 4 N–H and O–H groups in total. The molecule has 0 spiro atoms. The Morgan fingerprint density at radius 3 is 2.68 bits per heavy atom. The molecule has 11 heteroatoms. The lowest BCUT2D eigenvalue weighted by Crippen LogP contribution is -2.32. The molecule has 1 aliphatic rings. The monoisotopic (exact) mass is 559 g/mol. The smallest absolute Gasteiger partial charge is 0.229 e. The molecule has 3 aromatic rings. The van der Waals surface area contributed by atoms with E-state index in [4.69, 9.17) is 21.4 Å². The Kier molecular flexibility index (Phi) is 9.09. The molecule has 0 amide bonds. The Morgan fingerprint density at radius 2 is 1.95 bits per heavy atom. The molecule has 1 aliphatic carbocycles. The average molecular weight is 560 g/mol. The molecule has 2 aromatic carbocycles. The summed E-state index contributed by atoms with van der Waals surface area (Å²) >= 11 is 6.39. The number of methoxy groups -OCH3 is 1. The number of hydrogen-bond donors (Lipinski definition) is 4. The van der Waals surface area contributed by atoms with Crippen molar-refractivity contribution in [2.75, 3.05) is 30.9 Å². The number of para-hydroxylation sites is 1. The van der Waals surface area contributed by atoms with Crippen LogP contribution in [0.1, 0.15) is 37.8 Å². The van der Waals surface area contributed by atoms with Gasteiger partial charge in [0.15, 0.2) is 15.7 Å². The quantitative estimate of drug-likeness (QED) is 0.263. The van der Waals surface area contributed by atoms with Crippen molar-refractivity contribution in [3.8, 4) is 5.75 Å². The summed E-state index contributed by atoms with van der Waals surface area (Å²) in [6, 6.07) is 11.0. The molecule has 1 aromatic heterocycles. The number of nitrogens with one attached hydrogen (secondary N) is 3. The first kappa shape index (κ1) is 28.1. The van der Waals surface area contributed by atoms with Crippen molar-refractivity contribution in [1.82, 2.24) is 15.3 Å². The predicted molar refractivity (Wildman–Crippen MR) is 151 cm³/mol. The lowest BCUT2D eigenvalue weighted by molar-refractivity contribution is 0.281. The molecule has 0 aliphatic heterocycles. The van der Waals surface area contributed by atoms with Gasteiger partial charge in [0.1, 0.15) is 10.8 Å². The maximum absolute atomic E-state index is 12.9. The van der Waals surface area contributed by atoms with Crippen LogP contribution in [0, 0.1) is 0 Å². The number of ether oxygens (including phenoxy) is 1. The highest BCUT2D eigenvalue weighted by atomic mass is 35.5. The highest BCUT2D eigenvalue weighted by Gasteiger charge is 2.24. The van der Waals surface area contributed by atoms with Crippen molar-refractivity contribution in [3.63, 3.8) is 0 Å².